The number of amides is 2. The second kappa shape index (κ2) is 7.37. The van der Waals surface area contributed by atoms with Crippen molar-refractivity contribution in [2.45, 2.75) is 0 Å². The van der Waals surface area contributed by atoms with Gasteiger partial charge in [-0.05, 0) is 54.2 Å². The minimum atomic E-state index is -0.547. The summed E-state index contributed by atoms with van der Waals surface area (Å²) in [5, 5.41) is 10.5. The van der Waals surface area contributed by atoms with Crippen LogP contribution in [-0.2, 0) is 4.79 Å². The summed E-state index contributed by atoms with van der Waals surface area (Å²) in [6, 6.07) is 11.3. The number of benzene rings is 2. The standard InChI is InChI=1S/C19H12N4O3S2/c24-13-3-1-2-12(10-13)17(25)22-23-18(26)16(28-19(23)27)9-11-4-5-14-15(8-11)21-7-6-20-14/h1-10,24H,(H,22,25)/b16-9+. The first-order chi connectivity index (χ1) is 13.5. The van der Waals surface area contributed by atoms with Gasteiger partial charge in [-0.25, -0.2) is 0 Å². The van der Waals surface area contributed by atoms with Crippen LogP contribution in [0.1, 0.15) is 15.9 Å². The number of fused-ring (bicyclic) bond motifs is 1. The number of nitrogens with zero attached hydrogens (tertiary/aromatic N) is 3. The molecular weight excluding hydrogens is 396 g/mol. The molecule has 0 bridgehead atoms. The highest BCUT2D eigenvalue weighted by Gasteiger charge is 2.33. The van der Waals surface area contributed by atoms with E-state index in [1.54, 1.807) is 18.5 Å². The largest absolute Gasteiger partial charge is 0.508 e. The number of phenols is 1. The predicted molar refractivity (Wildman–Crippen MR) is 110 cm³/mol. The molecule has 0 atom stereocenters. The lowest BCUT2D eigenvalue weighted by Crippen LogP contribution is -2.44. The number of aromatic nitrogens is 2. The number of hydrogen-bond donors (Lipinski definition) is 2. The van der Waals surface area contributed by atoms with Crippen molar-refractivity contribution in [1.82, 2.24) is 20.4 Å². The normalized spacial score (nSPS) is 15.4. The van der Waals surface area contributed by atoms with Crippen LogP contribution in [0.4, 0.5) is 0 Å². The van der Waals surface area contributed by atoms with E-state index in [2.05, 4.69) is 15.4 Å². The molecular formula is C19H12N4O3S2. The summed E-state index contributed by atoms with van der Waals surface area (Å²) < 4.78 is 0.213. The zero-order chi connectivity index (χ0) is 19.7. The van der Waals surface area contributed by atoms with E-state index >= 15 is 0 Å². The quantitative estimate of drug-likeness (QED) is 0.508. The third-order valence-electron chi connectivity index (χ3n) is 3.91. The molecule has 2 N–H and O–H groups in total. The SMILES string of the molecule is O=C(NN1C(=O)/C(=C\c2ccc3nccnc3c2)SC1=S)c1cccc(O)c1. The number of carbonyl (C=O) groups excluding carboxylic acids is 2. The van der Waals surface area contributed by atoms with E-state index in [9.17, 15) is 14.7 Å². The van der Waals surface area contributed by atoms with E-state index in [-0.39, 0.29) is 15.6 Å². The molecule has 7 nitrogen and oxygen atoms in total. The van der Waals surface area contributed by atoms with E-state index in [0.29, 0.717) is 10.4 Å². The van der Waals surface area contributed by atoms with Crippen molar-refractivity contribution in [2.75, 3.05) is 0 Å². The van der Waals surface area contributed by atoms with Crippen molar-refractivity contribution >= 4 is 57.2 Å². The van der Waals surface area contributed by atoms with Crippen molar-refractivity contribution < 1.29 is 14.7 Å². The molecule has 2 aromatic carbocycles. The number of thioether (sulfide) groups is 1. The highest BCUT2D eigenvalue weighted by atomic mass is 32.2. The Morgan fingerprint density at radius 1 is 1.14 bits per heavy atom. The smallest absolute Gasteiger partial charge is 0.285 e. The van der Waals surface area contributed by atoms with Gasteiger partial charge in [0.25, 0.3) is 11.8 Å². The van der Waals surface area contributed by atoms with Crippen molar-refractivity contribution in [1.29, 1.82) is 0 Å². The Kier molecular flexibility index (Phi) is 4.76. The maximum Gasteiger partial charge on any atom is 0.285 e. The summed E-state index contributed by atoms with van der Waals surface area (Å²) in [5.74, 6) is -1.02. The van der Waals surface area contributed by atoms with Gasteiger partial charge in [0.15, 0.2) is 4.32 Å². The molecule has 0 unspecified atom stereocenters. The summed E-state index contributed by atoms with van der Waals surface area (Å²) in [7, 11) is 0. The molecule has 1 saturated heterocycles. The van der Waals surface area contributed by atoms with Crippen LogP contribution in [0.2, 0.25) is 0 Å². The average molecular weight is 408 g/mol. The van der Waals surface area contributed by atoms with Gasteiger partial charge < -0.3 is 5.11 Å². The van der Waals surface area contributed by atoms with Gasteiger partial charge in [-0.3, -0.25) is 25.0 Å². The molecule has 3 aromatic rings. The van der Waals surface area contributed by atoms with Crippen LogP contribution in [0.3, 0.4) is 0 Å². The topological polar surface area (TPSA) is 95.4 Å². The molecule has 1 aliphatic rings. The fourth-order valence-electron chi connectivity index (χ4n) is 2.60. The van der Waals surface area contributed by atoms with Crippen molar-refractivity contribution in [2.24, 2.45) is 0 Å². The van der Waals surface area contributed by atoms with Crippen LogP contribution in [0.5, 0.6) is 5.75 Å². The molecule has 2 amide bonds. The molecule has 1 aliphatic heterocycles. The Bertz CT molecular complexity index is 1160. The fraction of sp³-hybridized carbons (Fsp3) is 0. The average Bonchev–Trinajstić information content (AvgIpc) is 2.95. The number of thiocarbonyl (C=S) groups is 1. The molecule has 1 aromatic heterocycles. The van der Waals surface area contributed by atoms with Crippen LogP contribution in [0.15, 0.2) is 59.8 Å². The van der Waals surface area contributed by atoms with Crippen molar-refractivity contribution in [3.8, 4) is 5.75 Å². The number of aromatic hydroxyl groups is 1. The maximum atomic E-state index is 12.7. The Morgan fingerprint density at radius 3 is 2.71 bits per heavy atom. The van der Waals surface area contributed by atoms with Gasteiger partial charge in [0.1, 0.15) is 5.75 Å². The Morgan fingerprint density at radius 2 is 1.93 bits per heavy atom. The minimum absolute atomic E-state index is 0.0441. The highest BCUT2D eigenvalue weighted by Crippen LogP contribution is 2.31. The van der Waals surface area contributed by atoms with Crippen LogP contribution >= 0.6 is 24.0 Å². The third-order valence-corrected chi connectivity index (χ3v) is 5.21. The fourth-order valence-corrected chi connectivity index (χ4v) is 3.78. The van der Waals surface area contributed by atoms with E-state index in [1.807, 2.05) is 18.2 Å². The first-order valence-corrected chi connectivity index (χ1v) is 9.32. The first kappa shape index (κ1) is 18.1. The summed E-state index contributed by atoms with van der Waals surface area (Å²) in [6.45, 7) is 0. The van der Waals surface area contributed by atoms with E-state index < -0.39 is 11.8 Å². The van der Waals surface area contributed by atoms with Gasteiger partial charge in [-0.15, -0.1) is 0 Å². The van der Waals surface area contributed by atoms with Gasteiger partial charge in [0, 0.05) is 18.0 Å². The zero-order valence-corrected chi connectivity index (χ0v) is 15.8. The predicted octanol–water partition coefficient (Wildman–Crippen LogP) is 2.88. The van der Waals surface area contributed by atoms with Gasteiger partial charge in [0.2, 0.25) is 0 Å². The molecule has 9 heteroatoms. The second-order valence-electron chi connectivity index (χ2n) is 5.81. The Hall–Kier alpha value is -3.30. The lowest BCUT2D eigenvalue weighted by Gasteiger charge is -2.15. The number of phenolic OH excluding ortho intramolecular Hbond substituents is 1. The monoisotopic (exact) mass is 408 g/mol. The number of nitrogens with one attached hydrogen (secondary N) is 1. The van der Waals surface area contributed by atoms with E-state index in [4.69, 9.17) is 12.2 Å². The Labute approximate surface area is 169 Å². The molecule has 2 heterocycles. The van der Waals surface area contributed by atoms with Gasteiger partial charge in [-0.1, -0.05) is 23.9 Å². The Balaban J connectivity index is 1.56. The maximum absolute atomic E-state index is 12.7. The van der Waals surface area contributed by atoms with Crippen LogP contribution in [0, 0.1) is 0 Å². The summed E-state index contributed by atoms with van der Waals surface area (Å²) in [4.78, 5) is 33.8. The van der Waals surface area contributed by atoms with E-state index in [0.717, 1.165) is 27.9 Å². The lowest BCUT2D eigenvalue weighted by atomic mass is 10.2. The second-order valence-corrected chi connectivity index (χ2v) is 7.49. The van der Waals surface area contributed by atoms with Crippen LogP contribution in [-0.4, -0.2) is 36.2 Å². The molecule has 0 aliphatic carbocycles. The number of carbonyl (C=O) groups is 2. The van der Waals surface area contributed by atoms with Crippen molar-refractivity contribution in [3.63, 3.8) is 0 Å². The zero-order valence-electron chi connectivity index (χ0n) is 14.2. The molecule has 0 radical (unpaired) electrons. The van der Waals surface area contributed by atoms with Gasteiger partial charge in [-0.2, -0.15) is 5.01 Å². The summed E-state index contributed by atoms with van der Waals surface area (Å²) >= 11 is 6.31. The highest BCUT2D eigenvalue weighted by molar-refractivity contribution is 8.26. The van der Waals surface area contributed by atoms with Gasteiger partial charge >= 0.3 is 0 Å². The first-order valence-electron chi connectivity index (χ1n) is 8.10. The minimum Gasteiger partial charge on any atom is -0.508 e. The van der Waals surface area contributed by atoms with Crippen LogP contribution < -0.4 is 5.43 Å². The number of hydrazine groups is 1. The van der Waals surface area contributed by atoms with Gasteiger partial charge in [0.05, 0.1) is 15.9 Å². The molecule has 0 spiro atoms. The lowest BCUT2D eigenvalue weighted by molar-refractivity contribution is -0.123. The van der Waals surface area contributed by atoms with Crippen molar-refractivity contribution in [3.05, 3.63) is 70.9 Å². The molecule has 0 saturated carbocycles. The van der Waals surface area contributed by atoms with E-state index in [1.165, 1.54) is 24.3 Å². The number of rotatable bonds is 3. The summed E-state index contributed by atoms with van der Waals surface area (Å²) in [5.41, 5.74) is 4.93. The molecule has 1 fully saturated rings. The molecule has 138 valence electrons. The summed E-state index contributed by atoms with van der Waals surface area (Å²) in [6.07, 6.45) is 4.90. The number of hydrogen-bond acceptors (Lipinski definition) is 7. The molecule has 4 rings (SSSR count). The third kappa shape index (κ3) is 3.57. The van der Waals surface area contributed by atoms with Crippen LogP contribution in [0.25, 0.3) is 17.1 Å². The molecule has 28 heavy (non-hydrogen) atoms.